The van der Waals surface area contributed by atoms with Gasteiger partial charge in [0.2, 0.25) is 12.5 Å². The Balaban J connectivity index is 1.76. The first-order valence-electron chi connectivity index (χ1n) is 7.03. The largest absolute Gasteiger partial charge is 0.504 e. The fraction of sp³-hybridized carbons (Fsp3) is 0.294. The van der Waals surface area contributed by atoms with Crippen LogP contribution in [0.4, 0.5) is 0 Å². The summed E-state index contributed by atoms with van der Waals surface area (Å²) in [6, 6.07) is 9.42. The summed E-state index contributed by atoms with van der Waals surface area (Å²) in [5.74, 6) is 2.67. The lowest BCUT2D eigenvalue weighted by Crippen LogP contribution is -1.95. The highest BCUT2D eigenvalue weighted by Gasteiger charge is 2.18. The van der Waals surface area contributed by atoms with Crippen LogP contribution in [0.5, 0.6) is 28.7 Å². The second-order valence-electron chi connectivity index (χ2n) is 5.07. The number of hydrogen-bond donors (Lipinski definition) is 1. The number of hydrogen-bond acceptors (Lipinski definition) is 5. The molecule has 0 saturated carbocycles. The molecule has 2 aromatic carbocycles. The van der Waals surface area contributed by atoms with Gasteiger partial charge >= 0.3 is 0 Å². The van der Waals surface area contributed by atoms with Crippen molar-refractivity contribution in [2.45, 2.75) is 12.8 Å². The normalized spacial score (nSPS) is 12.3. The summed E-state index contributed by atoms with van der Waals surface area (Å²) in [6.07, 6.45) is 1.56. The number of methoxy groups -OCH3 is 2. The summed E-state index contributed by atoms with van der Waals surface area (Å²) < 4.78 is 21.1. The number of phenols is 1. The molecule has 5 nitrogen and oxygen atoms in total. The van der Waals surface area contributed by atoms with Gasteiger partial charge in [0.25, 0.3) is 0 Å². The van der Waals surface area contributed by atoms with Crippen LogP contribution >= 0.6 is 0 Å². The molecule has 116 valence electrons. The number of fused-ring (bicyclic) bond motifs is 1. The van der Waals surface area contributed by atoms with Crippen LogP contribution in [-0.2, 0) is 12.8 Å². The molecule has 0 aromatic heterocycles. The van der Waals surface area contributed by atoms with E-state index in [1.807, 2.05) is 24.3 Å². The average molecular weight is 302 g/mol. The summed E-state index contributed by atoms with van der Waals surface area (Å²) in [5, 5.41) is 9.93. The molecule has 0 spiro atoms. The van der Waals surface area contributed by atoms with Crippen molar-refractivity contribution in [2.75, 3.05) is 21.0 Å². The third kappa shape index (κ3) is 2.88. The van der Waals surface area contributed by atoms with Gasteiger partial charge in [0.05, 0.1) is 14.2 Å². The van der Waals surface area contributed by atoms with E-state index < -0.39 is 0 Å². The molecule has 1 aliphatic heterocycles. The Labute approximate surface area is 129 Å². The number of benzene rings is 2. The summed E-state index contributed by atoms with van der Waals surface area (Å²) in [6.45, 7) is 0.152. The van der Waals surface area contributed by atoms with E-state index in [0.29, 0.717) is 11.5 Å². The van der Waals surface area contributed by atoms with Gasteiger partial charge in [0.1, 0.15) is 11.5 Å². The van der Waals surface area contributed by atoms with Gasteiger partial charge in [0.15, 0.2) is 11.5 Å². The van der Waals surface area contributed by atoms with Crippen molar-refractivity contribution >= 4 is 0 Å². The van der Waals surface area contributed by atoms with Crippen molar-refractivity contribution in [1.82, 2.24) is 0 Å². The highest BCUT2D eigenvalue weighted by molar-refractivity contribution is 5.54. The summed E-state index contributed by atoms with van der Waals surface area (Å²) in [5.41, 5.74) is 2.09. The highest BCUT2D eigenvalue weighted by atomic mass is 16.7. The average Bonchev–Trinajstić information content (AvgIpc) is 3.01. The van der Waals surface area contributed by atoms with Gasteiger partial charge in [-0.15, -0.1) is 0 Å². The van der Waals surface area contributed by atoms with E-state index in [1.54, 1.807) is 20.3 Å². The Bertz CT molecular complexity index is 659. The second kappa shape index (κ2) is 6.05. The van der Waals surface area contributed by atoms with E-state index in [1.165, 1.54) is 0 Å². The van der Waals surface area contributed by atoms with Crippen molar-refractivity contribution in [3.05, 3.63) is 41.5 Å². The first-order chi connectivity index (χ1) is 10.7. The van der Waals surface area contributed by atoms with Gasteiger partial charge < -0.3 is 24.1 Å². The molecule has 5 heteroatoms. The monoisotopic (exact) mass is 302 g/mol. The lowest BCUT2D eigenvalue weighted by molar-refractivity contribution is 0.171. The molecule has 2 aromatic rings. The quantitative estimate of drug-likeness (QED) is 0.920. The Morgan fingerprint density at radius 3 is 2.18 bits per heavy atom. The van der Waals surface area contributed by atoms with E-state index in [2.05, 4.69) is 0 Å². The summed E-state index contributed by atoms with van der Waals surface area (Å²) in [4.78, 5) is 0. The van der Waals surface area contributed by atoms with Crippen molar-refractivity contribution in [2.24, 2.45) is 0 Å². The number of ether oxygens (including phenoxy) is 4. The third-order valence-electron chi connectivity index (χ3n) is 3.63. The molecule has 0 unspecified atom stereocenters. The Kier molecular flexibility index (Phi) is 3.96. The number of rotatable bonds is 5. The molecule has 22 heavy (non-hydrogen) atoms. The van der Waals surface area contributed by atoms with Crippen LogP contribution in [0.1, 0.15) is 11.1 Å². The zero-order valence-electron chi connectivity index (χ0n) is 12.6. The lowest BCUT2D eigenvalue weighted by Gasteiger charge is -2.09. The molecule has 0 bridgehead atoms. The number of aromatic hydroxyl groups is 1. The number of phenolic OH excluding ortho intramolecular Hbond substituents is 1. The predicted molar refractivity (Wildman–Crippen MR) is 81.2 cm³/mol. The Morgan fingerprint density at radius 2 is 1.55 bits per heavy atom. The van der Waals surface area contributed by atoms with Gasteiger partial charge in [-0.25, -0.2) is 0 Å². The molecule has 0 fully saturated rings. The summed E-state index contributed by atoms with van der Waals surface area (Å²) in [7, 11) is 3.27. The molecule has 1 heterocycles. The minimum atomic E-state index is 0.119. The van der Waals surface area contributed by atoms with Crippen LogP contribution < -0.4 is 18.9 Å². The molecule has 1 aliphatic rings. The fourth-order valence-electron chi connectivity index (χ4n) is 2.49. The first kappa shape index (κ1) is 14.4. The second-order valence-corrected chi connectivity index (χ2v) is 5.07. The van der Waals surface area contributed by atoms with E-state index in [-0.39, 0.29) is 12.5 Å². The third-order valence-corrected chi connectivity index (χ3v) is 3.63. The minimum Gasteiger partial charge on any atom is -0.504 e. The van der Waals surface area contributed by atoms with Crippen molar-refractivity contribution in [1.29, 1.82) is 0 Å². The topological polar surface area (TPSA) is 57.2 Å². The maximum Gasteiger partial charge on any atom is 0.231 e. The fourth-order valence-corrected chi connectivity index (χ4v) is 2.49. The molecule has 0 amide bonds. The van der Waals surface area contributed by atoms with Crippen molar-refractivity contribution < 1.29 is 24.1 Å². The first-order valence-corrected chi connectivity index (χ1v) is 7.03. The molecule has 0 atom stereocenters. The Hall–Kier alpha value is -2.56. The van der Waals surface area contributed by atoms with Gasteiger partial charge in [-0.3, -0.25) is 0 Å². The maximum atomic E-state index is 9.93. The molecule has 0 aliphatic carbocycles. The number of aryl methyl sites for hydroxylation is 2. The molecule has 1 N–H and O–H groups in total. The van der Waals surface area contributed by atoms with Gasteiger partial charge in [0, 0.05) is 6.07 Å². The maximum absolute atomic E-state index is 9.93. The van der Waals surface area contributed by atoms with Crippen LogP contribution in [0.15, 0.2) is 30.3 Å². The smallest absolute Gasteiger partial charge is 0.231 e. The van der Waals surface area contributed by atoms with Gasteiger partial charge in [-0.1, -0.05) is 0 Å². The zero-order chi connectivity index (χ0) is 15.5. The van der Waals surface area contributed by atoms with Crippen LogP contribution in [0, 0.1) is 0 Å². The van der Waals surface area contributed by atoms with E-state index in [4.69, 9.17) is 18.9 Å². The zero-order valence-corrected chi connectivity index (χ0v) is 12.6. The standard InChI is InChI=1S/C17H18O5/c1-19-13-5-11(6-14(9-13)20-2)3-4-12-7-15(18)17-16(8-12)21-10-22-17/h5-9,18H,3-4,10H2,1-2H3. The molecule has 3 rings (SSSR count). The lowest BCUT2D eigenvalue weighted by atomic mass is 10.0. The minimum absolute atomic E-state index is 0.119. The van der Waals surface area contributed by atoms with E-state index in [9.17, 15) is 5.11 Å². The molecular weight excluding hydrogens is 284 g/mol. The molecular formula is C17H18O5. The van der Waals surface area contributed by atoms with Gasteiger partial charge in [-0.05, 0) is 48.2 Å². The van der Waals surface area contributed by atoms with Crippen LogP contribution in [0.3, 0.4) is 0 Å². The van der Waals surface area contributed by atoms with Crippen LogP contribution in [-0.4, -0.2) is 26.1 Å². The molecule has 0 radical (unpaired) electrons. The van der Waals surface area contributed by atoms with Crippen LogP contribution in [0.25, 0.3) is 0 Å². The van der Waals surface area contributed by atoms with Crippen LogP contribution in [0.2, 0.25) is 0 Å². The molecule has 0 saturated heterocycles. The van der Waals surface area contributed by atoms with E-state index in [0.717, 1.165) is 35.5 Å². The van der Waals surface area contributed by atoms with E-state index >= 15 is 0 Å². The van der Waals surface area contributed by atoms with Crippen molar-refractivity contribution in [3.8, 4) is 28.7 Å². The Morgan fingerprint density at radius 1 is 0.909 bits per heavy atom. The van der Waals surface area contributed by atoms with Crippen molar-refractivity contribution in [3.63, 3.8) is 0 Å². The van der Waals surface area contributed by atoms with Gasteiger partial charge in [-0.2, -0.15) is 0 Å². The summed E-state index contributed by atoms with van der Waals surface area (Å²) >= 11 is 0. The highest BCUT2D eigenvalue weighted by Crippen LogP contribution is 2.41. The predicted octanol–water partition coefficient (Wildman–Crippen LogP) is 2.92. The SMILES string of the molecule is COc1cc(CCc2cc(O)c3c(c2)OCO3)cc(OC)c1.